The Morgan fingerprint density at radius 1 is 0.862 bits per heavy atom. The summed E-state index contributed by atoms with van der Waals surface area (Å²) in [6.45, 7) is 0. The Hall–Kier alpha value is -3.45. The third kappa shape index (κ3) is 2.74. The molecule has 0 aromatic heterocycles. The quantitative estimate of drug-likeness (QED) is 0.669. The highest BCUT2D eigenvalue weighted by molar-refractivity contribution is 6.11. The molecule has 0 saturated heterocycles. The predicted molar refractivity (Wildman–Crippen MR) is 111 cm³/mol. The number of rotatable bonds is 2. The van der Waals surface area contributed by atoms with Gasteiger partial charge < -0.3 is 14.2 Å². The van der Waals surface area contributed by atoms with Crippen LogP contribution in [0.3, 0.4) is 0 Å². The summed E-state index contributed by atoms with van der Waals surface area (Å²) in [4.78, 5) is 0. The van der Waals surface area contributed by atoms with Crippen LogP contribution in [0.2, 0.25) is 0 Å². The minimum absolute atomic E-state index is 0.689. The zero-order valence-electron chi connectivity index (χ0n) is 16.5. The molecule has 29 heavy (non-hydrogen) atoms. The fourth-order valence-electron chi connectivity index (χ4n) is 4.63. The Labute approximate surface area is 170 Å². The summed E-state index contributed by atoms with van der Waals surface area (Å²) in [5, 5.41) is 9.32. The summed E-state index contributed by atoms with van der Waals surface area (Å²) in [5.74, 6) is 3.33. The van der Waals surface area contributed by atoms with E-state index in [2.05, 4.69) is 30.3 Å². The Bertz CT molecular complexity index is 1160. The highest BCUT2D eigenvalue weighted by atomic mass is 16.5. The fourth-order valence-corrected chi connectivity index (χ4v) is 4.63. The lowest BCUT2D eigenvalue weighted by Gasteiger charge is -2.35. The molecule has 0 saturated carbocycles. The lowest BCUT2D eigenvalue weighted by atomic mass is 9.74. The lowest BCUT2D eigenvalue weighted by molar-refractivity contribution is 0.294. The number of benzene rings is 2. The molecule has 0 fully saturated rings. The van der Waals surface area contributed by atoms with Crippen LogP contribution < -0.4 is 9.47 Å². The summed E-state index contributed by atoms with van der Waals surface area (Å²) < 4.78 is 17.2. The number of nitriles is 1. The predicted octanol–water partition coefficient (Wildman–Crippen LogP) is 5.20. The van der Waals surface area contributed by atoms with Gasteiger partial charge in [-0.3, -0.25) is 0 Å². The molecule has 1 aliphatic heterocycles. The number of methoxy groups -OCH3 is 2. The smallest absolute Gasteiger partial charge is 0.141 e. The van der Waals surface area contributed by atoms with Crippen molar-refractivity contribution in [1.29, 1.82) is 5.26 Å². The monoisotopic (exact) mass is 383 g/mol. The van der Waals surface area contributed by atoms with Gasteiger partial charge in [-0.2, -0.15) is 5.26 Å². The first-order chi connectivity index (χ1) is 14.2. The first-order valence-electron chi connectivity index (χ1n) is 9.82. The van der Waals surface area contributed by atoms with E-state index in [1.165, 1.54) is 28.3 Å². The van der Waals surface area contributed by atoms with Gasteiger partial charge in [0.15, 0.2) is 0 Å². The van der Waals surface area contributed by atoms with Crippen molar-refractivity contribution >= 4 is 11.1 Å². The van der Waals surface area contributed by atoms with E-state index in [1.54, 1.807) is 14.2 Å². The molecular formula is C25H21NO3. The molecule has 3 aliphatic rings. The van der Waals surface area contributed by atoms with Gasteiger partial charge in [0.1, 0.15) is 23.0 Å². The van der Waals surface area contributed by atoms with Gasteiger partial charge in [-0.25, -0.2) is 0 Å². The zero-order chi connectivity index (χ0) is 20.0. The maximum Gasteiger partial charge on any atom is 0.141 e. The highest BCUT2D eigenvalue weighted by Gasteiger charge is 2.35. The largest absolute Gasteiger partial charge is 0.497 e. The molecule has 4 heteroatoms. The average molecular weight is 383 g/mol. The molecule has 5 rings (SSSR count). The zero-order valence-corrected chi connectivity index (χ0v) is 16.5. The van der Waals surface area contributed by atoms with Crippen molar-refractivity contribution in [2.24, 2.45) is 0 Å². The molecule has 2 aliphatic carbocycles. The number of ether oxygens (including phenoxy) is 3. The lowest BCUT2D eigenvalue weighted by Crippen LogP contribution is -2.19. The second kappa shape index (κ2) is 6.86. The van der Waals surface area contributed by atoms with Gasteiger partial charge >= 0.3 is 0 Å². The standard InChI is InChI=1S/C25H21NO3/c1-27-17-7-9-19-16(13-17)4-8-20-22(11-12-26)29-23-10-5-15-3-6-18(28-2)14-21(15)25(23)24(19)20/h3,6-7,9,11,13-14H,4-5,8,10H2,1-2H3/b22-11+. The Morgan fingerprint density at radius 3 is 2.41 bits per heavy atom. The molecule has 0 atom stereocenters. The molecule has 2 aromatic carbocycles. The normalized spacial score (nSPS) is 18.2. The fraction of sp³-hybridized carbons (Fsp3) is 0.240. The summed E-state index contributed by atoms with van der Waals surface area (Å²) in [7, 11) is 3.39. The summed E-state index contributed by atoms with van der Waals surface area (Å²) >= 11 is 0. The van der Waals surface area contributed by atoms with Crippen LogP contribution in [0.1, 0.15) is 35.1 Å². The molecule has 0 unspecified atom stereocenters. The molecule has 2 aromatic rings. The van der Waals surface area contributed by atoms with Crippen molar-refractivity contribution in [2.75, 3.05) is 14.2 Å². The minimum Gasteiger partial charge on any atom is -0.497 e. The van der Waals surface area contributed by atoms with E-state index in [0.717, 1.165) is 59.7 Å². The Kier molecular flexibility index (Phi) is 4.17. The van der Waals surface area contributed by atoms with Gasteiger partial charge in [0.25, 0.3) is 0 Å². The number of nitrogens with zero attached hydrogens (tertiary/aromatic N) is 1. The topological polar surface area (TPSA) is 51.5 Å². The van der Waals surface area contributed by atoms with Gasteiger partial charge in [0, 0.05) is 23.1 Å². The molecule has 0 bridgehead atoms. The Morgan fingerprint density at radius 2 is 1.62 bits per heavy atom. The molecule has 144 valence electrons. The average Bonchev–Trinajstić information content (AvgIpc) is 2.77. The van der Waals surface area contributed by atoms with E-state index in [1.807, 2.05) is 12.1 Å². The van der Waals surface area contributed by atoms with E-state index in [-0.39, 0.29) is 0 Å². The van der Waals surface area contributed by atoms with Crippen LogP contribution in [0.15, 0.2) is 59.6 Å². The molecule has 0 spiro atoms. The van der Waals surface area contributed by atoms with Crippen LogP contribution in [0.25, 0.3) is 11.1 Å². The summed E-state index contributed by atoms with van der Waals surface area (Å²) in [6.07, 6.45) is 4.99. The molecule has 0 N–H and O–H groups in total. The van der Waals surface area contributed by atoms with Crippen LogP contribution in [0.5, 0.6) is 11.5 Å². The van der Waals surface area contributed by atoms with E-state index >= 15 is 0 Å². The van der Waals surface area contributed by atoms with Gasteiger partial charge in [0.2, 0.25) is 0 Å². The molecular weight excluding hydrogens is 362 g/mol. The second-order valence-corrected chi connectivity index (χ2v) is 7.44. The van der Waals surface area contributed by atoms with E-state index in [9.17, 15) is 5.26 Å². The van der Waals surface area contributed by atoms with Crippen molar-refractivity contribution in [3.8, 4) is 17.6 Å². The van der Waals surface area contributed by atoms with Gasteiger partial charge in [0.05, 0.1) is 26.4 Å². The van der Waals surface area contributed by atoms with Crippen LogP contribution in [-0.4, -0.2) is 14.2 Å². The van der Waals surface area contributed by atoms with Crippen molar-refractivity contribution in [1.82, 2.24) is 0 Å². The third-order valence-electron chi connectivity index (χ3n) is 5.99. The SMILES string of the molecule is COc1ccc2c(c1)CCC1=C2C2=C(CCc3ccc(OC)cc32)O/C1=C/C#N. The minimum atomic E-state index is 0.689. The van der Waals surface area contributed by atoms with Crippen LogP contribution in [-0.2, 0) is 17.6 Å². The molecule has 0 radical (unpaired) electrons. The molecule has 4 nitrogen and oxygen atoms in total. The number of hydrogen-bond donors (Lipinski definition) is 0. The second-order valence-electron chi connectivity index (χ2n) is 7.44. The van der Waals surface area contributed by atoms with Crippen LogP contribution in [0, 0.1) is 11.3 Å². The summed E-state index contributed by atoms with van der Waals surface area (Å²) in [5.41, 5.74) is 8.36. The van der Waals surface area contributed by atoms with E-state index in [0.29, 0.717) is 5.76 Å². The third-order valence-corrected chi connectivity index (χ3v) is 5.99. The van der Waals surface area contributed by atoms with Crippen LogP contribution >= 0.6 is 0 Å². The van der Waals surface area contributed by atoms with Crippen molar-refractivity contribution < 1.29 is 14.2 Å². The maximum atomic E-state index is 9.32. The first kappa shape index (κ1) is 17.6. The summed E-state index contributed by atoms with van der Waals surface area (Å²) in [6, 6.07) is 14.7. The van der Waals surface area contributed by atoms with Crippen molar-refractivity contribution in [3.63, 3.8) is 0 Å². The van der Waals surface area contributed by atoms with E-state index in [4.69, 9.17) is 14.2 Å². The van der Waals surface area contributed by atoms with Crippen LogP contribution in [0.4, 0.5) is 0 Å². The first-order valence-corrected chi connectivity index (χ1v) is 9.82. The van der Waals surface area contributed by atoms with Crippen molar-refractivity contribution in [2.45, 2.75) is 25.7 Å². The molecule has 1 heterocycles. The number of allylic oxidation sites excluding steroid dienone is 5. The van der Waals surface area contributed by atoms with Gasteiger partial charge in [-0.1, -0.05) is 12.1 Å². The van der Waals surface area contributed by atoms with E-state index < -0.39 is 0 Å². The number of fused-ring (bicyclic) bond motifs is 5. The number of hydrogen-bond acceptors (Lipinski definition) is 4. The molecule has 0 amide bonds. The maximum absolute atomic E-state index is 9.32. The van der Waals surface area contributed by atoms with Gasteiger partial charge in [-0.15, -0.1) is 0 Å². The number of aryl methyl sites for hydroxylation is 2. The highest BCUT2D eigenvalue weighted by Crippen LogP contribution is 2.52. The van der Waals surface area contributed by atoms with Gasteiger partial charge in [-0.05, 0) is 65.8 Å². The van der Waals surface area contributed by atoms with Crippen molar-refractivity contribution in [3.05, 3.63) is 81.8 Å². The Balaban J connectivity index is 1.79.